The summed E-state index contributed by atoms with van der Waals surface area (Å²) in [6, 6.07) is -0.0492. The van der Waals surface area contributed by atoms with Crippen LogP contribution in [-0.4, -0.2) is 27.1 Å². The second-order valence-electron chi connectivity index (χ2n) is 5.39. The van der Waals surface area contributed by atoms with E-state index < -0.39 is 0 Å². The molecule has 1 aliphatic heterocycles. The highest BCUT2D eigenvalue weighted by Crippen LogP contribution is 2.18. The molecule has 2 N–H and O–H groups in total. The number of fused-ring (bicyclic) bond motifs is 1. The number of hydrogen-bond donors (Lipinski definition) is 2. The molecule has 1 atom stereocenters. The largest absolute Gasteiger partial charge is 0.428 e. The summed E-state index contributed by atoms with van der Waals surface area (Å²) in [6.07, 6.45) is 5.76. The number of nitrogens with zero attached hydrogens (tertiary/aromatic N) is 3. The van der Waals surface area contributed by atoms with E-state index in [4.69, 9.17) is 4.42 Å². The zero-order valence-electron chi connectivity index (χ0n) is 12.2. The highest BCUT2D eigenvalue weighted by Gasteiger charge is 2.20. The van der Waals surface area contributed by atoms with Crippen molar-refractivity contribution in [1.82, 2.24) is 19.9 Å². The number of nitrogens with one attached hydrogen (secondary N) is 2. The fourth-order valence-corrected chi connectivity index (χ4v) is 2.49. The molecule has 1 aliphatic rings. The van der Waals surface area contributed by atoms with Crippen LogP contribution in [0.15, 0.2) is 16.8 Å². The highest BCUT2D eigenvalue weighted by atomic mass is 16.4. The van der Waals surface area contributed by atoms with Gasteiger partial charge in [-0.25, -0.2) is 9.78 Å². The normalized spacial score (nSPS) is 17.3. The second kappa shape index (κ2) is 5.59. The standard InChI is InChI=1S/C14H19N5O2/c1-9-10(2)21-14(17-9)18-13(20)16-8-11-3-5-19-6-4-15-12(19)7-11/h4,6,11H,3,5,7-8H2,1-2H3,(H2,16,17,18,20). The minimum absolute atomic E-state index is 0.238. The summed E-state index contributed by atoms with van der Waals surface area (Å²) in [4.78, 5) is 20.3. The van der Waals surface area contributed by atoms with Gasteiger partial charge in [-0.05, 0) is 26.2 Å². The Hall–Kier alpha value is -2.31. The Morgan fingerprint density at radius 2 is 2.38 bits per heavy atom. The number of hydrogen-bond acceptors (Lipinski definition) is 4. The molecule has 0 saturated carbocycles. The Kier molecular flexibility index (Phi) is 3.64. The molecule has 2 amide bonds. The predicted octanol–water partition coefficient (Wildman–Crippen LogP) is 1.87. The van der Waals surface area contributed by atoms with Gasteiger partial charge in [0.1, 0.15) is 11.6 Å². The molecule has 0 aromatic carbocycles. The Labute approximate surface area is 122 Å². The lowest BCUT2D eigenvalue weighted by molar-refractivity contribution is 0.247. The third-order valence-corrected chi connectivity index (χ3v) is 3.85. The van der Waals surface area contributed by atoms with Gasteiger partial charge in [0.25, 0.3) is 0 Å². The maximum Gasteiger partial charge on any atom is 0.322 e. The number of aryl methyl sites for hydroxylation is 3. The fourth-order valence-electron chi connectivity index (χ4n) is 2.49. The highest BCUT2D eigenvalue weighted by molar-refractivity contribution is 5.86. The first-order chi connectivity index (χ1) is 10.1. The molecule has 0 bridgehead atoms. The molecule has 7 heteroatoms. The molecular weight excluding hydrogens is 270 g/mol. The Morgan fingerprint density at radius 1 is 1.52 bits per heavy atom. The van der Waals surface area contributed by atoms with E-state index in [9.17, 15) is 4.79 Å². The Balaban J connectivity index is 1.48. The molecule has 0 fully saturated rings. The van der Waals surface area contributed by atoms with E-state index in [1.165, 1.54) is 0 Å². The number of carbonyl (C=O) groups excluding carboxylic acids is 1. The molecule has 7 nitrogen and oxygen atoms in total. The average molecular weight is 289 g/mol. The number of urea groups is 1. The molecule has 1 unspecified atom stereocenters. The first kappa shape index (κ1) is 13.7. The van der Waals surface area contributed by atoms with Crippen molar-refractivity contribution in [1.29, 1.82) is 0 Å². The maximum atomic E-state index is 11.8. The van der Waals surface area contributed by atoms with Crippen LogP contribution in [0.2, 0.25) is 0 Å². The van der Waals surface area contributed by atoms with Crippen molar-refractivity contribution < 1.29 is 9.21 Å². The van der Waals surface area contributed by atoms with Crippen LogP contribution in [0, 0.1) is 19.8 Å². The molecule has 3 heterocycles. The van der Waals surface area contributed by atoms with E-state index in [0.29, 0.717) is 18.2 Å². The lowest BCUT2D eigenvalue weighted by Crippen LogP contribution is -2.35. The summed E-state index contributed by atoms with van der Waals surface area (Å²) in [5.41, 5.74) is 0.782. The second-order valence-corrected chi connectivity index (χ2v) is 5.39. The Morgan fingerprint density at radius 3 is 3.14 bits per heavy atom. The molecule has 3 rings (SSSR count). The van der Waals surface area contributed by atoms with Gasteiger partial charge in [-0.2, -0.15) is 4.98 Å². The van der Waals surface area contributed by atoms with Crippen LogP contribution < -0.4 is 10.6 Å². The van der Waals surface area contributed by atoms with Crippen LogP contribution in [0.25, 0.3) is 0 Å². The number of anilines is 1. The number of oxazole rings is 1. The molecule has 0 spiro atoms. The van der Waals surface area contributed by atoms with E-state index >= 15 is 0 Å². The first-order valence-corrected chi connectivity index (χ1v) is 7.10. The van der Waals surface area contributed by atoms with Crippen molar-refractivity contribution in [2.75, 3.05) is 11.9 Å². The van der Waals surface area contributed by atoms with Crippen molar-refractivity contribution >= 4 is 12.0 Å². The van der Waals surface area contributed by atoms with Gasteiger partial charge in [-0.15, -0.1) is 0 Å². The van der Waals surface area contributed by atoms with Gasteiger partial charge in [-0.3, -0.25) is 5.32 Å². The smallest absolute Gasteiger partial charge is 0.322 e. The van der Waals surface area contributed by atoms with Gasteiger partial charge in [0.05, 0.1) is 5.69 Å². The van der Waals surface area contributed by atoms with E-state index in [0.717, 1.165) is 30.9 Å². The zero-order valence-corrected chi connectivity index (χ0v) is 12.2. The van der Waals surface area contributed by atoms with Crippen LogP contribution in [0.1, 0.15) is 23.7 Å². The lowest BCUT2D eigenvalue weighted by atomic mass is 9.98. The molecule has 21 heavy (non-hydrogen) atoms. The van der Waals surface area contributed by atoms with E-state index in [-0.39, 0.29) is 12.0 Å². The van der Waals surface area contributed by atoms with E-state index in [1.807, 2.05) is 26.2 Å². The Bertz CT molecular complexity index is 626. The number of imidazole rings is 1. The fraction of sp³-hybridized carbons (Fsp3) is 0.500. The van der Waals surface area contributed by atoms with Gasteiger partial charge in [0.15, 0.2) is 0 Å². The van der Waals surface area contributed by atoms with Crippen LogP contribution in [0.5, 0.6) is 0 Å². The number of carbonyl (C=O) groups is 1. The molecule has 2 aromatic rings. The first-order valence-electron chi connectivity index (χ1n) is 7.10. The lowest BCUT2D eigenvalue weighted by Gasteiger charge is -2.23. The van der Waals surface area contributed by atoms with Crippen molar-refractivity contribution in [3.05, 3.63) is 29.7 Å². The maximum absolute atomic E-state index is 11.8. The van der Waals surface area contributed by atoms with Gasteiger partial charge in [0.2, 0.25) is 0 Å². The molecule has 2 aromatic heterocycles. The average Bonchev–Trinajstić information content (AvgIpc) is 3.03. The topological polar surface area (TPSA) is 85.0 Å². The summed E-state index contributed by atoms with van der Waals surface area (Å²) in [5, 5.41) is 5.47. The monoisotopic (exact) mass is 289 g/mol. The van der Waals surface area contributed by atoms with E-state index in [1.54, 1.807) is 0 Å². The van der Waals surface area contributed by atoms with Gasteiger partial charge >= 0.3 is 12.0 Å². The summed E-state index contributed by atoms with van der Waals surface area (Å²) in [6.45, 7) is 5.24. The third kappa shape index (κ3) is 3.07. The van der Waals surface area contributed by atoms with Crippen molar-refractivity contribution in [3.63, 3.8) is 0 Å². The van der Waals surface area contributed by atoms with Crippen molar-refractivity contribution in [3.8, 4) is 0 Å². The minimum Gasteiger partial charge on any atom is -0.428 e. The predicted molar refractivity (Wildman–Crippen MR) is 77.0 cm³/mol. The summed E-state index contributed by atoms with van der Waals surface area (Å²) < 4.78 is 7.48. The molecule has 112 valence electrons. The van der Waals surface area contributed by atoms with Crippen LogP contribution >= 0.6 is 0 Å². The molecule has 0 aliphatic carbocycles. The summed E-state index contributed by atoms with van der Waals surface area (Å²) in [7, 11) is 0. The number of aromatic nitrogens is 3. The molecular formula is C14H19N5O2. The van der Waals surface area contributed by atoms with Gasteiger partial charge < -0.3 is 14.3 Å². The SMILES string of the molecule is Cc1nc(NC(=O)NCC2CCn3ccnc3C2)oc1C. The van der Waals surface area contributed by atoms with Crippen molar-refractivity contribution in [2.45, 2.75) is 33.2 Å². The number of rotatable bonds is 3. The van der Waals surface area contributed by atoms with Gasteiger partial charge in [-0.1, -0.05) is 0 Å². The summed E-state index contributed by atoms with van der Waals surface area (Å²) >= 11 is 0. The van der Waals surface area contributed by atoms with Crippen LogP contribution in [-0.2, 0) is 13.0 Å². The summed E-state index contributed by atoms with van der Waals surface area (Å²) in [5.74, 6) is 2.22. The minimum atomic E-state index is -0.287. The third-order valence-electron chi connectivity index (χ3n) is 3.85. The van der Waals surface area contributed by atoms with Crippen molar-refractivity contribution in [2.24, 2.45) is 5.92 Å². The van der Waals surface area contributed by atoms with Crippen LogP contribution in [0.3, 0.4) is 0 Å². The quantitative estimate of drug-likeness (QED) is 0.903. The molecule has 0 saturated heterocycles. The van der Waals surface area contributed by atoms with Crippen LogP contribution in [0.4, 0.5) is 10.8 Å². The zero-order chi connectivity index (χ0) is 14.8. The van der Waals surface area contributed by atoms with Gasteiger partial charge in [0, 0.05) is 31.9 Å². The number of amides is 2. The molecule has 0 radical (unpaired) electrons. The van der Waals surface area contributed by atoms with E-state index in [2.05, 4.69) is 25.2 Å².